The largest absolute Gasteiger partial charge is 0.481 e. The molecular formula is C13H17ClN2O3. The van der Waals surface area contributed by atoms with Gasteiger partial charge in [-0.1, -0.05) is 24.9 Å². The van der Waals surface area contributed by atoms with Crippen LogP contribution in [0.4, 0.5) is 0 Å². The molecule has 104 valence electrons. The number of rotatable bonds is 4. The highest BCUT2D eigenvalue weighted by Crippen LogP contribution is 2.36. The number of nitrogens with zero attached hydrogens (tertiary/aromatic N) is 1. The Morgan fingerprint density at radius 1 is 1.58 bits per heavy atom. The zero-order chi connectivity index (χ0) is 14.0. The van der Waals surface area contributed by atoms with E-state index in [2.05, 4.69) is 4.98 Å². The smallest absolute Gasteiger partial charge is 0.311 e. The second-order valence-electron chi connectivity index (χ2n) is 5.04. The molecular weight excluding hydrogens is 268 g/mol. The topological polar surface area (TPSA) is 73.4 Å². The molecule has 1 unspecified atom stereocenters. The number of carboxylic acid groups (broad SMARTS) is 1. The summed E-state index contributed by atoms with van der Waals surface area (Å²) in [6, 6.07) is 1.56. The van der Waals surface area contributed by atoms with E-state index in [0.29, 0.717) is 30.1 Å². The molecule has 1 fully saturated rings. The molecule has 0 saturated carbocycles. The fourth-order valence-electron chi connectivity index (χ4n) is 2.67. The number of hydrogen-bond acceptors (Lipinski definition) is 2. The van der Waals surface area contributed by atoms with Crippen LogP contribution in [-0.4, -0.2) is 40.0 Å². The van der Waals surface area contributed by atoms with Crippen LogP contribution in [0.2, 0.25) is 5.02 Å². The summed E-state index contributed by atoms with van der Waals surface area (Å²) in [7, 11) is 0. The highest BCUT2D eigenvalue weighted by atomic mass is 35.5. The van der Waals surface area contributed by atoms with Crippen molar-refractivity contribution in [3.63, 3.8) is 0 Å². The van der Waals surface area contributed by atoms with E-state index in [1.165, 1.54) is 0 Å². The third-order valence-electron chi connectivity index (χ3n) is 3.70. The van der Waals surface area contributed by atoms with Gasteiger partial charge in [0.15, 0.2) is 0 Å². The Labute approximate surface area is 116 Å². The maximum atomic E-state index is 12.2. The predicted molar refractivity (Wildman–Crippen MR) is 71.3 cm³/mol. The number of hydrogen-bond donors (Lipinski definition) is 2. The van der Waals surface area contributed by atoms with Crippen molar-refractivity contribution in [1.29, 1.82) is 0 Å². The summed E-state index contributed by atoms with van der Waals surface area (Å²) >= 11 is 5.77. The van der Waals surface area contributed by atoms with Crippen LogP contribution in [0.15, 0.2) is 12.3 Å². The maximum Gasteiger partial charge on any atom is 0.311 e. The van der Waals surface area contributed by atoms with Gasteiger partial charge in [-0.3, -0.25) is 9.59 Å². The Bertz CT molecular complexity index is 500. The van der Waals surface area contributed by atoms with E-state index < -0.39 is 11.4 Å². The third-order valence-corrected chi connectivity index (χ3v) is 3.92. The number of likely N-dealkylation sites (tertiary alicyclic amines) is 1. The summed E-state index contributed by atoms with van der Waals surface area (Å²) < 4.78 is 0. The lowest BCUT2D eigenvalue weighted by molar-refractivity contribution is -0.148. The van der Waals surface area contributed by atoms with E-state index >= 15 is 0 Å². The number of nitrogens with one attached hydrogen (secondary N) is 1. The number of aromatic nitrogens is 1. The van der Waals surface area contributed by atoms with Gasteiger partial charge in [-0.25, -0.2) is 0 Å². The second-order valence-corrected chi connectivity index (χ2v) is 5.48. The molecule has 0 aliphatic carbocycles. The number of H-pyrrole nitrogens is 1. The third kappa shape index (κ3) is 2.61. The summed E-state index contributed by atoms with van der Waals surface area (Å²) in [6.07, 6.45) is 3.44. The van der Waals surface area contributed by atoms with Crippen LogP contribution >= 0.6 is 11.6 Å². The lowest BCUT2D eigenvalue weighted by atomic mass is 9.83. The van der Waals surface area contributed by atoms with E-state index in [1.54, 1.807) is 17.2 Å². The van der Waals surface area contributed by atoms with E-state index in [-0.39, 0.29) is 12.5 Å². The molecule has 6 heteroatoms. The number of amides is 1. The van der Waals surface area contributed by atoms with Crippen LogP contribution in [0, 0.1) is 5.41 Å². The number of carboxylic acids is 1. The van der Waals surface area contributed by atoms with Crippen LogP contribution in [0.25, 0.3) is 0 Å². The van der Waals surface area contributed by atoms with Gasteiger partial charge in [-0.15, -0.1) is 0 Å². The Balaban J connectivity index is 2.13. The monoisotopic (exact) mass is 284 g/mol. The highest BCUT2D eigenvalue weighted by molar-refractivity contribution is 6.30. The SMILES string of the molecule is CCCC1(C(=O)O)CCN(C(=O)c2cc(Cl)c[nH]2)C1. The minimum atomic E-state index is -0.811. The number of carbonyl (C=O) groups is 2. The van der Waals surface area contributed by atoms with Gasteiger partial charge in [-0.2, -0.15) is 0 Å². The molecule has 1 aromatic rings. The van der Waals surface area contributed by atoms with E-state index in [1.807, 2.05) is 6.92 Å². The summed E-state index contributed by atoms with van der Waals surface area (Å²) in [4.78, 5) is 28.1. The van der Waals surface area contributed by atoms with E-state index in [0.717, 1.165) is 6.42 Å². The van der Waals surface area contributed by atoms with E-state index in [4.69, 9.17) is 11.6 Å². The van der Waals surface area contributed by atoms with Crippen molar-refractivity contribution < 1.29 is 14.7 Å². The first-order valence-corrected chi connectivity index (χ1v) is 6.73. The Kier molecular flexibility index (Phi) is 3.85. The zero-order valence-corrected chi connectivity index (χ0v) is 11.5. The number of aliphatic carboxylic acids is 1. The molecule has 5 nitrogen and oxygen atoms in total. The number of aromatic amines is 1. The van der Waals surface area contributed by atoms with E-state index in [9.17, 15) is 14.7 Å². The summed E-state index contributed by atoms with van der Waals surface area (Å²) in [6.45, 7) is 2.70. The standard InChI is InChI=1S/C13H17ClN2O3/c1-2-3-13(12(18)19)4-5-16(8-13)11(17)10-6-9(14)7-15-10/h6-7,15H,2-5,8H2,1H3,(H,18,19). The fourth-order valence-corrected chi connectivity index (χ4v) is 2.84. The normalized spacial score (nSPS) is 22.7. The van der Waals surface area contributed by atoms with Crippen molar-refractivity contribution in [2.75, 3.05) is 13.1 Å². The van der Waals surface area contributed by atoms with Gasteiger partial charge < -0.3 is 15.0 Å². The predicted octanol–water partition coefficient (Wildman–Crippen LogP) is 2.39. The summed E-state index contributed by atoms with van der Waals surface area (Å²) in [5.74, 6) is -1.000. The van der Waals surface area contributed by atoms with Crippen LogP contribution in [0.1, 0.15) is 36.7 Å². The van der Waals surface area contributed by atoms with Gasteiger partial charge in [0.05, 0.1) is 10.4 Å². The van der Waals surface area contributed by atoms with Gasteiger partial charge in [0.1, 0.15) is 5.69 Å². The first-order chi connectivity index (χ1) is 8.98. The van der Waals surface area contributed by atoms with Gasteiger partial charge in [0, 0.05) is 19.3 Å². The molecule has 0 radical (unpaired) electrons. The molecule has 1 amide bonds. The molecule has 2 heterocycles. The average molecular weight is 285 g/mol. The van der Waals surface area contributed by atoms with Crippen LogP contribution in [0.5, 0.6) is 0 Å². The van der Waals surface area contributed by atoms with Gasteiger partial charge >= 0.3 is 5.97 Å². The van der Waals surface area contributed by atoms with Crippen LogP contribution in [0.3, 0.4) is 0 Å². The lowest BCUT2D eigenvalue weighted by Crippen LogP contribution is -2.37. The Morgan fingerprint density at radius 2 is 2.32 bits per heavy atom. The van der Waals surface area contributed by atoms with Gasteiger partial charge in [-0.05, 0) is 18.9 Å². The fraction of sp³-hybridized carbons (Fsp3) is 0.538. The average Bonchev–Trinajstić information content (AvgIpc) is 2.96. The second kappa shape index (κ2) is 5.25. The summed E-state index contributed by atoms with van der Waals surface area (Å²) in [5.41, 5.74) is -0.386. The zero-order valence-electron chi connectivity index (χ0n) is 10.8. The molecule has 0 aromatic carbocycles. The van der Waals surface area contributed by atoms with Crippen molar-refractivity contribution in [2.24, 2.45) is 5.41 Å². The van der Waals surface area contributed by atoms with Crippen molar-refractivity contribution >= 4 is 23.5 Å². The van der Waals surface area contributed by atoms with Crippen molar-refractivity contribution in [2.45, 2.75) is 26.2 Å². The molecule has 1 atom stereocenters. The minimum Gasteiger partial charge on any atom is -0.481 e. The quantitative estimate of drug-likeness (QED) is 0.891. The first-order valence-electron chi connectivity index (χ1n) is 6.35. The molecule has 2 rings (SSSR count). The van der Waals surface area contributed by atoms with Crippen molar-refractivity contribution in [1.82, 2.24) is 9.88 Å². The first kappa shape index (κ1) is 13.9. The maximum absolute atomic E-state index is 12.2. The molecule has 1 aromatic heterocycles. The molecule has 0 spiro atoms. The summed E-state index contributed by atoms with van der Waals surface area (Å²) in [5, 5.41) is 9.87. The Morgan fingerprint density at radius 3 is 2.84 bits per heavy atom. The molecule has 2 N–H and O–H groups in total. The van der Waals surface area contributed by atoms with Crippen LogP contribution < -0.4 is 0 Å². The molecule has 1 saturated heterocycles. The molecule has 19 heavy (non-hydrogen) atoms. The number of carbonyl (C=O) groups excluding carboxylic acids is 1. The number of halogens is 1. The lowest BCUT2D eigenvalue weighted by Gasteiger charge is -2.24. The Hall–Kier alpha value is -1.49. The molecule has 1 aliphatic heterocycles. The van der Waals surface area contributed by atoms with Crippen molar-refractivity contribution in [3.05, 3.63) is 23.0 Å². The van der Waals surface area contributed by atoms with Crippen LogP contribution in [-0.2, 0) is 4.79 Å². The highest BCUT2D eigenvalue weighted by Gasteiger charge is 2.45. The molecule has 1 aliphatic rings. The molecule has 0 bridgehead atoms. The van der Waals surface area contributed by atoms with Gasteiger partial charge in [0.25, 0.3) is 5.91 Å². The van der Waals surface area contributed by atoms with Gasteiger partial charge in [0.2, 0.25) is 0 Å². The van der Waals surface area contributed by atoms with Crippen molar-refractivity contribution in [3.8, 4) is 0 Å². The minimum absolute atomic E-state index is 0.189.